The van der Waals surface area contributed by atoms with Gasteiger partial charge in [0.1, 0.15) is 0 Å². The lowest BCUT2D eigenvalue weighted by Gasteiger charge is -2.30. The zero-order chi connectivity index (χ0) is 22.7. The number of nitrogens with zero attached hydrogens (tertiary/aromatic N) is 1. The highest BCUT2D eigenvalue weighted by atomic mass is 32.2. The molecule has 1 fully saturated rings. The summed E-state index contributed by atoms with van der Waals surface area (Å²) >= 11 is 0. The van der Waals surface area contributed by atoms with E-state index in [1.54, 1.807) is 12.1 Å². The Kier molecular flexibility index (Phi) is 6.33. The van der Waals surface area contributed by atoms with Crippen LogP contribution in [-0.4, -0.2) is 26.6 Å². The van der Waals surface area contributed by atoms with Crippen molar-refractivity contribution in [2.75, 3.05) is 16.6 Å². The molecule has 0 bridgehead atoms. The summed E-state index contributed by atoms with van der Waals surface area (Å²) in [5.74, 6) is -0.0955. The highest BCUT2D eigenvalue weighted by molar-refractivity contribution is 7.92. The Hall–Kier alpha value is -3.12. The molecule has 0 radical (unpaired) electrons. The summed E-state index contributed by atoms with van der Waals surface area (Å²) in [7, 11) is -3.35. The third-order valence-electron chi connectivity index (χ3n) is 5.91. The molecule has 1 amide bonds. The van der Waals surface area contributed by atoms with Crippen molar-refractivity contribution in [2.45, 2.75) is 32.7 Å². The fourth-order valence-electron chi connectivity index (χ4n) is 4.06. The number of hydrogen-bond donors (Lipinski definition) is 1. The Balaban J connectivity index is 1.66. The number of sulfonamides is 1. The Morgan fingerprint density at radius 3 is 2.28 bits per heavy atom. The predicted octanol–water partition coefficient (Wildman–Crippen LogP) is 4.75. The molecule has 1 heterocycles. The van der Waals surface area contributed by atoms with Crippen molar-refractivity contribution in [1.29, 1.82) is 0 Å². The molecule has 3 aromatic rings. The van der Waals surface area contributed by atoms with Gasteiger partial charge in [-0.15, -0.1) is 0 Å². The molecule has 5 nitrogen and oxygen atoms in total. The van der Waals surface area contributed by atoms with E-state index in [4.69, 9.17) is 0 Å². The van der Waals surface area contributed by atoms with Crippen LogP contribution >= 0.6 is 0 Å². The monoisotopic (exact) mass is 448 g/mol. The van der Waals surface area contributed by atoms with Gasteiger partial charge in [0.05, 0.1) is 17.5 Å². The van der Waals surface area contributed by atoms with Crippen LogP contribution in [-0.2, 0) is 10.0 Å². The van der Waals surface area contributed by atoms with Gasteiger partial charge < -0.3 is 5.32 Å². The topological polar surface area (TPSA) is 66.5 Å². The summed E-state index contributed by atoms with van der Waals surface area (Å²) in [4.78, 5) is 13.3. The summed E-state index contributed by atoms with van der Waals surface area (Å²) in [5, 5.41) is 3.15. The molecular weight excluding hydrogens is 420 g/mol. The zero-order valence-corrected chi connectivity index (χ0v) is 19.2. The van der Waals surface area contributed by atoms with Crippen molar-refractivity contribution in [3.05, 3.63) is 101 Å². The molecule has 0 aliphatic carbocycles. The lowest BCUT2D eigenvalue weighted by atomic mass is 9.97. The van der Waals surface area contributed by atoms with E-state index in [0.717, 1.165) is 28.7 Å². The molecule has 1 aliphatic heterocycles. The van der Waals surface area contributed by atoms with Crippen LogP contribution in [0.5, 0.6) is 0 Å². The quantitative estimate of drug-likeness (QED) is 0.612. The Morgan fingerprint density at radius 2 is 1.59 bits per heavy atom. The number of hydrogen-bond acceptors (Lipinski definition) is 3. The van der Waals surface area contributed by atoms with Gasteiger partial charge in [-0.1, -0.05) is 66.2 Å². The average Bonchev–Trinajstić information content (AvgIpc) is 2.79. The second-order valence-electron chi connectivity index (χ2n) is 8.32. The maximum atomic E-state index is 13.3. The first-order valence-corrected chi connectivity index (χ1v) is 12.5. The zero-order valence-electron chi connectivity index (χ0n) is 18.4. The lowest BCUT2D eigenvalue weighted by Crippen LogP contribution is -2.38. The van der Waals surface area contributed by atoms with Crippen LogP contribution < -0.4 is 9.62 Å². The van der Waals surface area contributed by atoms with Crippen LogP contribution in [0.15, 0.2) is 72.8 Å². The first-order chi connectivity index (χ1) is 15.3. The lowest BCUT2D eigenvalue weighted by molar-refractivity contribution is 0.0943. The average molecular weight is 449 g/mol. The van der Waals surface area contributed by atoms with Gasteiger partial charge in [-0.25, -0.2) is 8.42 Å². The van der Waals surface area contributed by atoms with Gasteiger partial charge in [0.25, 0.3) is 5.91 Å². The van der Waals surface area contributed by atoms with Crippen molar-refractivity contribution in [3.63, 3.8) is 0 Å². The van der Waals surface area contributed by atoms with E-state index in [1.165, 1.54) is 4.31 Å². The van der Waals surface area contributed by atoms with Crippen LogP contribution in [0.1, 0.15) is 51.5 Å². The van der Waals surface area contributed by atoms with Crippen molar-refractivity contribution in [3.8, 4) is 0 Å². The van der Waals surface area contributed by atoms with Crippen LogP contribution in [0.4, 0.5) is 5.69 Å². The van der Waals surface area contributed by atoms with Gasteiger partial charge in [-0.3, -0.25) is 9.10 Å². The summed E-state index contributed by atoms with van der Waals surface area (Å²) in [5.41, 5.74) is 4.99. The summed E-state index contributed by atoms with van der Waals surface area (Å²) in [6.07, 6.45) is 1.49. The maximum absolute atomic E-state index is 13.3. The summed E-state index contributed by atoms with van der Waals surface area (Å²) < 4.78 is 26.7. The van der Waals surface area contributed by atoms with Crippen LogP contribution in [0.2, 0.25) is 0 Å². The van der Waals surface area contributed by atoms with E-state index in [1.807, 2.05) is 74.5 Å². The minimum atomic E-state index is -3.35. The van der Waals surface area contributed by atoms with Gasteiger partial charge in [0, 0.05) is 12.1 Å². The van der Waals surface area contributed by atoms with Crippen LogP contribution in [0.25, 0.3) is 0 Å². The van der Waals surface area contributed by atoms with E-state index in [-0.39, 0.29) is 17.7 Å². The summed E-state index contributed by atoms with van der Waals surface area (Å²) in [6, 6.07) is 22.9. The third kappa shape index (κ3) is 4.70. The highest BCUT2D eigenvalue weighted by Gasteiger charge is 2.28. The fourth-order valence-corrected chi connectivity index (χ4v) is 5.75. The maximum Gasteiger partial charge on any atom is 0.252 e. The molecular formula is C26H28N2O3S. The minimum Gasteiger partial charge on any atom is -0.341 e. The SMILES string of the molecule is Cc1ccc([C@H](NC(=O)c2ccc(C)c(N3CCCCS3(=O)=O)c2)c2ccccc2)cc1. The fraction of sp³-hybridized carbons (Fsp3) is 0.269. The van der Waals surface area contributed by atoms with Crippen LogP contribution in [0.3, 0.4) is 0 Å². The van der Waals surface area contributed by atoms with Gasteiger partial charge in [0.15, 0.2) is 0 Å². The van der Waals surface area contributed by atoms with Gasteiger partial charge in [0.2, 0.25) is 10.0 Å². The Bertz CT molecular complexity index is 1210. The number of aryl methyl sites for hydroxylation is 2. The molecule has 1 saturated heterocycles. The van der Waals surface area contributed by atoms with Gasteiger partial charge in [-0.2, -0.15) is 0 Å². The highest BCUT2D eigenvalue weighted by Crippen LogP contribution is 2.29. The van der Waals surface area contributed by atoms with E-state index < -0.39 is 10.0 Å². The van der Waals surface area contributed by atoms with E-state index >= 15 is 0 Å². The first-order valence-electron chi connectivity index (χ1n) is 10.9. The van der Waals surface area contributed by atoms with Gasteiger partial charge >= 0.3 is 0 Å². The first kappa shape index (κ1) is 22.1. The normalized spacial score (nSPS) is 16.4. The van der Waals surface area contributed by atoms with Crippen molar-refractivity contribution < 1.29 is 13.2 Å². The van der Waals surface area contributed by atoms with Crippen molar-refractivity contribution >= 4 is 21.6 Å². The number of amides is 1. The number of carbonyl (C=O) groups is 1. The molecule has 32 heavy (non-hydrogen) atoms. The molecule has 166 valence electrons. The molecule has 1 N–H and O–H groups in total. The van der Waals surface area contributed by atoms with E-state index in [2.05, 4.69) is 5.32 Å². The summed E-state index contributed by atoms with van der Waals surface area (Å²) in [6.45, 7) is 4.35. The predicted molar refractivity (Wildman–Crippen MR) is 128 cm³/mol. The Morgan fingerprint density at radius 1 is 0.906 bits per heavy atom. The standard InChI is InChI=1S/C26H28N2O3S/c1-19-10-13-22(14-11-19)25(21-8-4-3-5-9-21)27-26(29)23-15-12-20(2)24(18-23)28-16-6-7-17-32(28,30)31/h3-5,8-15,18,25H,6-7,16-17H2,1-2H3,(H,27,29)/t25-/m1/s1. The number of nitrogens with one attached hydrogen (secondary N) is 1. The second-order valence-corrected chi connectivity index (χ2v) is 10.3. The smallest absolute Gasteiger partial charge is 0.252 e. The molecule has 0 unspecified atom stereocenters. The second kappa shape index (κ2) is 9.17. The third-order valence-corrected chi connectivity index (χ3v) is 7.76. The molecule has 3 aromatic carbocycles. The largest absolute Gasteiger partial charge is 0.341 e. The molecule has 1 aliphatic rings. The molecule has 0 aromatic heterocycles. The van der Waals surface area contributed by atoms with Gasteiger partial charge in [-0.05, 0) is 55.5 Å². The number of carbonyl (C=O) groups excluding carboxylic acids is 1. The van der Waals surface area contributed by atoms with E-state index in [0.29, 0.717) is 24.2 Å². The molecule has 1 atom stereocenters. The number of anilines is 1. The van der Waals surface area contributed by atoms with Crippen molar-refractivity contribution in [2.24, 2.45) is 0 Å². The number of benzene rings is 3. The van der Waals surface area contributed by atoms with Crippen LogP contribution in [0, 0.1) is 13.8 Å². The minimum absolute atomic E-state index is 0.145. The van der Waals surface area contributed by atoms with Crippen molar-refractivity contribution in [1.82, 2.24) is 5.32 Å². The molecule has 6 heteroatoms. The molecule has 0 spiro atoms. The molecule has 0 saturated carbocycles. The Labute approximate surface area is 190 Å². The number of rotatable bonds is 5. The molecule has 4 rings (SSSR count). The van der Waals surface area contributed by atoms with E-state index in [9.17, 15) is 13.2 Å².